The van der Waals surface area contributed by atoms with Gasteiger partial charge in [-0.3, -0.25) is 0 Å². The van der Waals surface area contributed by atoms with Crippen LogP contribution in [0.4, 0.5) is 4.39 Å². The molecule has 0 bridgehead atoms. The highest BCUT2D eigenvalue weighted by Crippen LogP contribution is 2.53. The second-order valence-electron chi connectivity index (χ2n) is 4.06. The predicted octanol–water partition coefficient (Wildman–Crippen LogP) is 2.06. The molecule has 0 spiro atoms. The fourth-order valence-corrected chi connectivity index (χ4v) is 1.98. The molecule has 2 atom stereocenters. The third kappa shape index (κ3) is 1.35. The van der Waals surface area contributed by atoms with Gasteiger partial charge in [-0.25, -0.2) is 4.39 Å². The topological polar surface area (TPSA) is 26.0 Å². The lowest BCUT2D eigenvalue weighted by atomic mass is 9.95. The molecule has 2 N–H and O–H groups in total. The average molecular weight is 179 g/mol. The van der Waals surface area contributed by atoms with Gasteiger partial charge >= 0.3 is 0 Å². The van der Waals surface area contributed by atoms with Crippen LogP contribution >= 0.6 is 0 Å². The molecule has 0 radical (unpaired) electrons. The lowest BCUT2D eigenvalue weighted by molar-refractivity contribution is 0.621. The summed E-state index contributed by atoms with van der Waals surface area (Å²) in [5, 5.41) is 0. The average Bonchev–Trinajstić information content (AvgIpc) is 2.80. The van der Waals surface area contributed by atoms with Crippen molar-refractivity contribution >= 4 is 0 Å². The van der Waals surface area contributed by atoms with Crippen molar-refractivity contribution in [3.8, 4) is 0 Å². The number of halogens is 1. The van der Waals surface area contributed by atoms with Gasteiger partial charge in [0.1, 0.15) is 5.82 Å². The van der Waals surface area contributed by atoms with E-state index >= 15 is 0 Å². The van der Waals surface area contributed by atoms with Gasteiger partial charge in [-0.15, -0.1) is 0 Å². The van der Waals surface area contributed by atoms with Crippen molar-refractivity contribution in [1.29, 1.82) is 0 Å². The summed E-state index contributed by atoms with van der Waals surface area (Å²) in [7, 11) is 0. The fraction of sp³-hybridized carbons (Fsp3) is 0.455. The molecule has 1 nitrogen and oxygen atoms in total. The summed E-state index contributed by atoms with van der Waals surface area (Å²) in [6.45, 7) is 2.92. The minimum atomic E-state index is -0.169. The smallest absolute Gasteiger partial charge is 0.123 e. The quantitative estimate of drug-likeness (QED) is 0.739. The molecular formula is C11H14FN. The molecular weight excluding hydrogens is 165 g/mol. The summed E-state index contributed by atoms with van der Waals surface area (Å²) in [6.07, 6.45) is 1.13. The number of rotatable bonds is 2. The minimum Gasteiger partial charge on any atom is -0.330 e. The number of hydrogen-bond acceptors (Lipinski definition) is 1. The van der Waals surface area contributed by atoms with Crippen LogP contribution in [0.3, 0.4) is 0 Å². The molecule has 1 fully saturated rings. The largest absolute Gasteiger partial charge is 0.330 e. The van der Waals surface area contributed by atoms with Gasteiger partial charge in [0, 0.05) is 0 Å². The van der Waals surface area contributed by atoms with Crippen molar-refractivity contribution < 1.29 is 4.39 Å². The van der Waals surface area contributed by atoms with Gasteiger partial charge < -0.3 is 5.73 Å². The zero-order valence-electron chi connectivity index (χ0n) is 7.76. The molecule has 1 aromatic rings. The van der Waals surface area contributed by atoms with E-state index in [1.54, 1.807) is 0 Å². The van der Waals surface area contributed by atoms with Crippen LogP contribution in [0.25, 0.3) is 0 Å². The van der Waals surface area contributed by atoms with E-state index in [0.717, 1.165) is 13.0 Å². The van der Waals surface area contributed by atoms with Crippen molar-refractivity contribution in [2.45, 2.75) is 18.8 Å². The Morgan fingerprint density at radius 1 is 1.46 bits per heavy atom. The van der Waals surface area contributed by atoms with E-state index < -0.39 is 0 Å². The monoisotopic (exact) mass is 179 g/mol. The van der Waals surface area contributed by atoms with Gasteiger partial charge in [0.25, 0.3) is 0 Å². The highest BCUT2D eigenvalue weighted by Gasteiger charge is 2.49. The van der Waals surface area contributed by atoms with Gasteiger partial charge in [0.2, 0.25) is 0 Å². The summed E-state index contributed by atoms with van der Waals surface area (Å²) >= 11 is 0. The van der Waals surface area contributed by atoms with Crippen LogP contribution in [0, 0.1) is 11.7 Å². The van der Waals surface area contributed by atoms with Gasteiger partial charge in [0.15, 0.2) is 0 Å². The van der Waals surface area contributed by atoms with Gasteiger partial charge in [-0.2, -0.15) is 0 Å². The van der Waals surface area contributed by atoms with Crippen LogP contribution in [0.15, 0.2) is 24.3 Å². The maximum atomic E-state index is 12.6. The third-order valence-electron chi connectivity index (χ3n) is 3.20. The second-order valence-corrected chi connectivity index (χ2v) is 4.06. The zero-order chi connectivity index (χ0) is 9.47. The van der Waals surface area contributed by atoms with Crippen molar-refractivity contribution in [1.82, 2.24) is 0 Å². The van der Waals surface area contributed by atoms with Crippen LogP contribution < -0.4 is 5.73 Å². The van der Waals surface area contributed by atoms with E-state index in [4.69, 9.17) is 5.73 Å². The molecule has 2 unspecified atom stereocenters. The summed E-state index contributed by atoms with van der Waals surface area (Å²) in [6, 6.07) is 6.77. The number of hydrogen-bond donors (Lipinski definition) is 1. The SMILES string of the molecule is CC1(c2ccc(F)cc2)CC1CN. The van der Waals surface area contributed by atoms with Crippen LogP contribution in [-0.2, 0) is 5.41 Å². The van der Waals surface area contributed by atoms with Crippen LogP contribution in [0.2, 0.25) is 0 Å². The van der Waals surface area contributed by atoms with E-state index in [0.29, 0.717) is 5.92 Å². The summed E-state index contributed by atoms with van der Waals surface area (Å²) in [5.41, 5.74) is 7.03. The summed E-state index contributed by atoms with van der Waals surface area (Å²) in [4.78, 5) is 0. The lowest BCUT2D eigenvalue weighted by Crippen LogP contribution is -2.11. The van der Waals surface area contributed by atoms with Crippen molar-refractivity contribution in [2.75, 3.05) is 6.54 Å². The third-order valence-corrected chi connectivity index (χ3v) is 3.20. The van der Waals surface area contributed by atoms with E-state index in [9.17, 15) is 4.39 Å². The van der Waals surface area contributed by atoms with Gasteiger partial charge in [0.05, 0.1) is 0 Å². The summed E-state index contributed by atoms with van der Waals surface area (Å²) < 4.78 is 12.6. The normalized spacial score (nSPS) is 31.8. The van der Waals surface area contributed by atoms with Gasteiger partial charge in [-0.1, -0.05) is 19.1 Å². The van der Waals surface area contributed by atoms with E-state index in [-0.39, 0.29) is 11.2 Å². The molecule has 70 valence electrons. The van der Waals surface area contributed by atoms with Gasteiger partial charge in [-0.05, 0) is 42.0 Å². The summed E-state index contributed by atoms with van der Waals surface area (Å²) in [5.74, 6) is 0.412. The Balaban J connectivity index is 2.23. The Bertz CT molecular complexity index is 306. The molecule has 0 amide bonds. The van der Waals surface area contributed by atoms with Crippen molar-refractivity contribution in [3.05, 3.63) is 35.6 Å². The maximum Gasteiger partial charge on any atom is 0.123 e. The molecule has 1 saturated carbocycles. The Morgan fingerprint density at radius 3 is 2.54 bits per heavy atom. The Labute approximate surface area is 77.8 Å². The first-order valence-electron chi connectivity index (χ1n) is 4.63. The highest BCUT2D eigenvalue weighted by atomic mass is 19.1. The minimum absolute atomic E-state index is 0.169. The Morgan fingerprint density at radius 2 is 2.08 bits per heavy atom. The molecule has 1 aliphatic rings. The molecule has 0 saturated heterocycles. The van der Waals surface area contributed by atoms with E-state index in [2.05, 4.69) is 6.92 Å². The maximum absolute atomic E-state index is 12.6. The number of benzene rings is 1. The zero-order valence-corrected chi connectivity index (χ0v) is 7.76. The first-order chi connectivity index (χ1) is 6.16. The van der Waals surface area contributed by atoms with E-state index in [1.807, 2.05) is 12.1 Å². The molecule has 0 heterocycles. The molecule has 2 heteroatoms. The second kappa shape index (κ2) is 2.81. The van der Waals surface area contributed by atoms with Crippen LogP contribution in [0.1, 0.15) is 18.9 Å². The number of nitrogens with two attached hydrogens (primary N) is 1. The van der Waals surface area contributed by atoms with Crippen molar-refractivity contribution in [3.63, 3.8) is 0 Å². The standard InChI is InChI=1S/C11H14FN/c1-11(6-9(11)7-13)8-2-4-10(12)5-3-8/h2-5,9H,6-7,13H2,1H3. The van der Waals surface area contributed by atoms with E-state index in [1.165, 1.54) is 17.7 Å². The molecule has 2 rings (SSSR count). The molecule has 1 aromatic carbocycles. The fourth-order valence-electron chi connectivity index (χ4n) is 1.98. The van der Waals surface area contributed by atoms with Crippen LogP contribution in [0.5, 0.6) is 0 Å². The van der Waals surface area contributed by atoms with Crippen molar-refractivity contribution in [2.24, 2.45) is 11.7 Å². The molecule has 13 heavy (non-hydrogen) atoms. The Hall–Kier alpha value is -0.890. The van der Waals surface area contributed by atoms with Crippen LogP contribution in [-0.4, -0.2) is 6.54 Å². The molecule has 1 aliphatic carbocycles. The first kappa shape index (κ1) is 8.70. The highest BCUT2D eigenvalue weighted by molar-refractivity contribution is 5.32. The molecule has 0 aliphatic heterocycles. The Kier molecular flexibility index (Phi) is 1.88. The predicted molar refractivity (Wildman–Crippen MR) is 50.9 cm³/mol. The first-order valence-corrected chi connectivity index (χ1v) is 4.63. The lowest BCUT2D eigenvalue weighted by Gasteiger charge is -2.10. The molecule has 0 aromatic heterocycles.